The van der Waals surface area contributed by atoms with Crippen molar-refractivity contribution < 1.29 is 14.3 Å². The summed E-state index contributed by atoms with van der Waals surface area (Å²) in [7, 11) is 0. The fraction of sp³-hybridized carbons (Fsp3) is 0.533. The van der Waals surface area contributed by atoms with Gasteiger partial charge in [0.05, 0.1) is 30.8 Å². The maximum absolute atomic E-state index is 12.0. The first kappa shape index (κ1) is 16.1. The summed E-state index contributed by atoms with van der Waals surface area (Å²) in [5, 5.41) is 6.52. The molecule has 0 aromatic heterocycles. The number of hydrogen-bond donors (Lipinski definition) is 2. The first-order valence-electron chi connectivity index (χ1n) is 7.23. The molecule has 1 amide bonds. The third-order valence-corrected chi connectivity index (χ3v) is 3.39. The van der Waals surface area contributed by atoms with Crippen molar-refractivity contribution in [3.8, 4) is 5.75 Å². The van der Waals surface area contributed by atoms with Gasteiger partial charge < -0.3 is 20.1 Å². The molecule has 6 heteroatoms. The number of carbonyl (C=O) groups excluding carboxylic acids is 1. The van der Waals surface area contributed by atoms with Crippen LogP contribution in [0.5, 0.6) is 5.75 Å². The topological polar surface area (TPSA) is 59.6 Å². The zero-order chi connectivity index (χ0) is 15.1. The van der Waals surface area contributed by atoms with Crippen LogP contribution in [0.1, 0.15) is 19.8 Å². The molecule has 1 fully saturated rings. The summed E-state index contributed by atoms with van der Waals surface area (Å²) in [6.45, 7) is 4.85. The first-order chi connectivity index (χ1) is 10.2. The van der Waals surface area contributed by atoms with Gasteiger partial charge in [0, 0.05) is 18.8 Å². The Labute approximate surface area is 130 Å². The Bertz CT molecular complexity index is 476. The Balaban J connectivity index is 1.86. The Hall–Kier alpha value is -1.30. The molecule has 1 aromatic carbocycles. The van der Waals surface area contributed by atoms with Crippen molar-refractivity contribution in [2.24, 2.45) is 0 Å². The number of carbonyl (C=O) groups is 1. The van der Waals surface area contributed by atoms with Crippen LogP contribution in [0.3, 0.4) is 0 Å². The van der Waals surface area contributed by atoms with Crippen molar-refractivity contribution in [1.29, 1.82) is 0 Å². The molecule has 1 unspecified atom stereocenters. The minimum atomic E-state index is -0.0815. The van der Waals surface area contributed by atoms with Gasteiger partial charge >= 0.3 is 0 Å². The number of anilines is 1. The van der Waals surface area contributed by atoms with E-state index < -0.39 is 0 Å². The molecule has 21 heavy (non-hydrogen) atoms. The molecule has 2 rings (SSSR count). The monoisotopic (exact) mass is 312 g/mol. The molecule has 116 valence electrons. The molecule has 5 nitrogen and oxygen atoms in total. The van der Waals surface area contributed by atoms with Crippen LogP contribution < -0.4 is 15.4 Å². The van der Waals surface area contributed by atoms with Crippen LogP contribution >= 0.6 is 11.6 Å². The molecular weight excluding hydrogens is 292 g/mol. The third kappa shape index (κ3) is 5.19. The number of morpholine rings is 1. The average Bonchev–Trinajstić information content (AvgIpc) is 2.47. The van der Waals surface area contributed by atoms with E-state index in [1.807, 2.05) is 6.92 Å². The molecule has 0 bridgehead atoms. The largest absolute Gasteiger partial charge is 0.492 e. The number of nitrogens with one attached hydrogen (secondary N) is 2. The number of amides is 1. The molecule has 0 aliphatic carbocycles. The molecule has 1 saturated heterocycles. The summed E-state index contributed by atoms with van der Waals surface area (Å²) in [5.74, 6) is 0.554. The lowest BCUT2D eigenvalue weighted by Gasteiger charge is -2.23. The van der Waals surface area contributed by atoms with Crippen molar-refractivity contribution in [2.45, 2.75) is 25.9 Å². The van der Waals surface area contributed by atoms with E-state index in [0.717, 1.165) is 13.0 Å². The fourth-order valence-electron chi connectivity index (χ4n) is 2.08. The standard InChI is InChI=1S/C15H21ClN2O3/c1-2-6-21-14-4-3-11(8-13(14)16)18-15(19)9-12-10-17-5-7-20-12/h3-4,8,12,17H,2,5-7,9-10H2,1H3,(H,18,19). The molecule has 2 N–H and O–H groups in total. The van der Waals surface area contributed by atoms with Crippen LogP contribution in [0.4, 0.5) is 5.69 Å². The molecule has 1 aliphatic heterocycles. The summed E-state index contributed by atoms with van der Waals surface area (Å²) in [6.07, 6.45) is 1.18. The number of halogens is 1. The average molecular weight is 313 g/mol. The minimum Gasteiger partial charge on any atom is -0.492 e. The third-order valence-electron chi connectivity index (χ3n) is 3.09. The summed E-state index contributed by atoms with van der Waals surface area (Å²) in [6, 6.07) is 5.26. The summed E-state index contributed by atoms with van der Waals surface area (Å²) in [4.78, 5) is 12.0. The summed E-state index contributed by atoms with van der Waals surface area (Å²) >= 11 is 6.13. The van der Waals surface area contributed by atoms with Crippen molar-refractivity contribution in [1.82, 2.24) is 5.32 Å². The predicted octanol–water partition coefficient (Wildman–Crippen LogP) is 2.45. The van der Waals surface area contributed by atoms with E-state index in [2.05, 4.69) is 10.6 Å². The number of benzene rings is 1. The van der Waals surface area contributed by atoms with Crippen LogP contribution in [-0.2, 0) is 9.53 Å². The van der Waals surface area contributed by atoms with Crippen LogP contribution in [-0.4, -0.2) is 38.3 Å². The van der Waals surface area contributed by atoms with Gasteiger partial charge in [-0.15, -0.1) is 0 Å². The Kier molecular flexibility index (Phi) is 6.29. The van der Waals surface area contributed by atoms with E-state index in [1.165, 1.54) is 0 Å². The van der Waals surface area contributed by atoms with E-state index in [1.54, 1.807) is 18.2 Å². The van der Waals surface area contributed by atoms with Crippen LogP contribution in [0, 0.1) is 0 Å². The van der Waals surface area contributed by atoms with E-state index in [9.17, 15) is 4.79 Å². The highest BCUT2D eigenvalue weighted by atomic mass is 35.5. The zero-order valence-electron chi connectivity index (χ0n) is 12.2. The maximum atomic E-state index is 12.0. The van der Waals surface area contributed by atoms with Gasteiger partial charge in [0.1, 0.15) is 5.75 Å². The number of rotatable bonds is 6. The van der Waals surface area contributed by atoms with E-state index >= 15 is 0 Å². The molecule has 1 aromatic rings. The van der Waals surface area contributed by atoms with Gasteiger partial charge in [-0.25, -0.2) is 0 Å². The molecule has 0 spiro atoms. The van der Waals surface area contributed by atoms with Gasteiger partial charge in [-0.2, -0.15) is 0 Å². The van der Waals surface area contributed by atoms with E-state index in [4.69, 9.17) is 21.1 Å². The van der Waals surface area contributed by atoms with Crippen LogP contribution in [0.2, 0.25) is 5.02 Å². The lowest BCUT2D eigenvalue weighted by atomic mass is 10.2. The fourth-order valence-corrected chi connectivity index (χ4v) is 2.31. The second-order valence-electron chi connectivity index (χ2n) is 4.94. The summed E-state index contributed by atoms with van der Waals surface area (Å²) in [5.41, 5.74) is 0.664. The van der Waals surface area contributed by atoms with E-state index in [-0.39, 0.29) is 12.0 Å². The Morgan fingerprint density at radius 2 is 2.43 bits per heavy atom. The highest BCUT2D eigenvalue weighted by molar-refractivity contribution is 6.32. The van der Waals surface area contributed by atoms with Crippen LogP contribution in [0.25, 0.3) is 0 Å². The number of ether oxygens (including phenoxy) is 2. The van der Waals surface area contributed by atoms with Crippen molar-refractivity contribution in [3.05, 3.63) is 23.2 Å². The minimum absolute atomic E-state index is 0.0682. The van der Waals surface area contributed by atoms with Gasteiger partial charge in [-0.05, 0) is 24.6 Å². The van der Waals surface area contributed by atoms with Gasteiger partial charge in [-0.1, -0.05) is 18.5 Å². The second kappa shape index (κ2) is 8.22. The smallest absolute Gasteiger partial charge is 0.227 e. The SMILES string of the molecule is CCCOc1ccc(NC(=O)CC2CNCCO2)cc1Cl. The van der Waals surface area contributed by atoms with Gasteiger partial charge in [0.15, 0.2) is 0 Å². The maximum Gasteiger partial charge on any atom is 0.227 e. The lowest BCUT2D eigenvalue weighted by Crippen LogP contribution is -2.40. The molecule has 1 atom stereocenters. The Morgan fingerprint density at radius 1 is 1.57 bits per heavy atom. The predicted molar refractivity (Wildman–Crippen MR) is 83.1 cm³/mol. The van der Waals surface area contributed by atoms with Crippen molar-refractivity contribution in [2.75, 3.05) is 31.6 Å². The molecule has 1 aliphatic rings. The highest BCUT2D eigenvalue weighted by Crippen LogP contribution is 2.27. The lowest BCUT2D eigenvalue weighted by molar-refractivity contribution is -0.119. The summed E-state index contributed by atoms with van der Waals surface area (Å²) < 4.78 is 11.0. The van der Waals surface area contributed by atoms with Gasteiger partial charge in [0.2, 0.25) is 5.91 Å². The van der Waals surface area contributed by atoms with Crippen molar-refractivity contribution in [3.63, 3.8) is 0 Å². The Morgan fingerprint density at radius 3 is 3.10 bits per heavy atom. The van der Waals surface area contributed by atoms with Gasteiger partial charge in [-0.3, -0.25) is 4.79 Å². The first-order valence-corrected chi connectivity index (χ1v) is 7.61. The van der Waals surface area contributed by atoms with Gasteiger partial charge in [0.25, 0.3) is 0 Å². The molecular formula is C15H21ClN2O3. The quantitative estimate of drug-likeness (QED) is 0.847. The zero-order valence-corrected chi connectivity index (χ0v) is 12.9. The highest BCUT2D eigenvalue weighted by Gasteiger charge is 2.17. The molecule has 0 saturated carbocycles. The molecule has 0 radical (unpaired) electrons. The number of hydrogen-bond acceptors (Lipinski definition) is 4. The second-order valence-corrected chi connectivity index (χ2v) is 5.35. The van der Waals surface area contributed by atoms with Crippen LogP contribution in [0.15, 0.2) is 18.2 Å². The molecule has 1 heterocycles. The van der Waals surface area contributed by atoms with E-state index in [0.29, 0.717) is 42.6 Å². The normalized spacial score (nSPS) is 18.3. The van der Waals surface area contributed by atoms with Crippen molar-refractivity contribution >= 4 is 23.2 Å².